The zero-order valence-electron chi connectivity index (χ0n) is 15.5. The molecule has 0 heterocycles. The van der Waals surface area contributed by atoms with Crippen LogP contribution in [0.15, 0.2) is 11.6 Å². The third kappa shape index (κ3) is 2.21. The van der Waals surface area contributed by atoms with Crippen LogP contribution in [0.3, 0.4) is 0 Å². The summed E-state index contributed by atoms with van der Waals surface area (Å²) in [5, 5.41) is 10.1. The van der Waals surface area contributed by atoms with Crippen molar-refractivity contribution in [2.45, 2.75) is 96.4 Å². The molecule has 0 spiro atoms. The maximum absolute atomic E-state index is 10.1. The zero-order valence-corrected chi connectivity index (χ0v) is 15.5. The Morgan fingerprint density at radius 3 is 2.62 bits per heavy atom. The lowest BCUT2D eigenvalue weighted by Gasteiger charge is -2.57. The Morgan fingerprint density at radius 1 is 1.00 bits per heavy atom. The molecule has 24 heavy (non-hydrogen) atoms. The first-order valence-electron chi connectivity index (χ1n) is 10.5. The van der Waals surface area contributed by atoms with Crippen molar-refractivity contribution in [3.8, 4) is 0 Å². The fraction of sp³-hybridized carbons (Fsp3) is 0.909. The molecule has 5 aliphatic rings. The summed E-state index contributed by atoms with van der Waals surface area (Å²) < 4.78 is 6.47. The Bertz CT molecular complexity index is 550. The summed E-state index contributed by atoms with van der Waals surface area (Å²) in [6, 6.07) is 0. The van der Waals surface area contributed by atoms with E-state index in [0.717, 1.165) is 30.6 Å². The molecule has 4 fully saturated rings. The highest BCUT2D eigenvalue weighted by atomic mass is 16.5. The van der Waals surface area contributed by atoms with Crippen LogP contribution in [0.5, 0.6) is 0 Å². The van der Waals surface area contributed by atoms with Crippen molar-refractivity contribution in [3.63, 3.8) is 0 Å². The summed E-state index contributed by atoms with van der Waals surface area (Å²) in [6.07, 6.45) is 16.0. The second-order valence-corrected chi connectivity index (χ2v) is 10.1. The smallest absolute Gasteiger partial charge is 0.0635 e. The van der Waals surface area contributed by atoms with Crippen molar-refractivity contribution < 1.29 is 9.84 Å². The van der Waals surface area contributed by atoms with Crippen molar-refractivity contribution in [2.24, 2.45) is 28.6 Å². The average molecular weight is 331 g/mol. The van der Waals surface area contributed by atoms with Crippen molar-refractivity contribution in [1.82, 2.24) is 0 Å². The van der Waals surface area contributed by atoms with Crippen molar-refractivity contribution in [2.75, 3.05) is 0 Å². The molecule has 7 atom stereocenters. The summed E-state index contributed by atoms with van der Waals surface area (Å²) in [6.45, 7) is 5.08. The van der Waals surface area contributed by atoms with Crippen LogP contribution in [-0.2, 0) is 4.74 Å². The van der Waals surface area contributed by atoms with Gasteiger partial charge >= 0.3 is 0 Å². The molecule has 134 valence electrons. The minimum atomic E-state index is -0.0856. The van der Waals surface area contributed by atoms with Crippen molar-refractivity contribution in [1.29, 1.82) is 0 Å². The summed E-state index contributed by atoms with van der Waals surface area (Å²) in [4.78, 5) is 0. The Labute approximate surface area is 147 Å². The van der Waals surface area contributed by atoms with Crippen LogP contribution >= 0.6 is 0 Å². The van der Waals surface area contributed by atoms with Crippen LogP contribution in [0.4, 0.5) is 0 Å². The van der Waals surface area contributed by atoms with Crippen LogP contribution in [0.2, 0.25) is 0 Å². The molecular weight excluding hydrogens is 296 g/mol. The van der Waals surface area contributed by atoms with Gasteiger partial charge in [0.25, 0.3) is 0 Å². The van der Waals surface area contributed by atoms with E-state index in [1.807, 2.05) is 0 Å². The van der Waals surface area contributed by atoms with Gasteiger partial charge in [0.05, 0.1) is 18.3 Å². The third-order valence-corrected chi connectivity index (χ3v) is 8.87. The van der Waals surface area contributed by atoms with E-state index < -0.39 is 0 Å². The van der Waals surface area contributed by atoms with Crippen molar-refractivity contribution >= 4 is 0 Å². The van der Waals surface area contributed by atoms with Crippen LogP contribution in [0.1, 0.15) is 78.1 Å². The predicted molar refractivity (Wildman–Crippen MR) is 95.6 cm³/mol. The lowest BCUT2D eigenvalue weighted by atomic mass is 9.48. The summed E-state index contributed by atoms with van der Waals surface area (Å²) in [5.74, 6) is 2.57. The number of aliphatic hydroxyl groups is 1. The fourth-order valence-electron chi connectivity index (χ4n) is 7.25. The lowest BCUT2D eigenvalue weighted by molar-refractivity contribution is -0.0975. The van der Waals surface area contributed by atoms with Gasteiger partial charge in [0, 0.05) is 0 Å². The molecule has 0 aromatic rings. The Balaban J connectivity index is 1.42. The molecule has 5 rings (SSSR count). The average Bonchev–Trinajstić information content (AvgIpc) is 3.31. The molecular formula is C22H34O2. The standard InChI is InChI=1S/C22H34O2/c1-21-11-9-15(23)13-14(21)3-6-17-18-7-8-20(24-16-4-5-16)22(18,2)12-10-19(17)21/h3,15-20,23H,4-13H2,1-2H3/t15-,17-,18-,19-,20-,21-,22-/m0/s1. The summed E-state index contributed by atoms with van der Waals surface area (Å²) >= 11 is 0. The van der Waals surface area contributed by atoms with Gasteiger partial charge in [-0.2, -0.15) is 0 Å². The number of hydrogen-bond acceptors (Lipinski definition) is 2. The lowest BCUT2D eigenvalue weighted by Crippen LogP contribution is -2.51. The molecule has 0 aliphatic heterocycles. The number of fused-ring (bicyclic) bond motifs is 5. The van der Waals surface area contributed by atoms with Gasteiger partial charge in [-0.25, -0.2) is 0 Å². The van der Waals surface area contributed by atoms with Crippen LogP contribution in [0.25, 0.3) is 0 Å². The molecule has 4 saturated carbocycles. The summed E-state index contributed by atoms with van der Waals surface area (Å²) in [5.41, 5.74) is 2.40. The number of ether oxygens (including phenoxy) is 1. The minimum absolute atomic E-state index is 0.0856. The quantitative estimate of drug-likeness (QED) is 0.733. The highest BCUT2D eigenvalue weighted by Crippen LogP contribution is 2.65. The minimum Gasteiger partial charge on any atom is -0.393 e. The molecule has 0 radical (unpaired) electrons. The van der Waals surface area contributed by atoms with E-state index in [1.165, 1.54) is 51.4 Å². The number of hydrogen-bond donors (Lipinski definition) is 1. The second kappa shape index (κ2) is 5.33. The van der Waals surface area contributed by atoms with Gasteiger partial charge in [-0.1, -0.05) is 25.5 Å². The monoisotopic (exact) mass is 330 g/mol. The topological polar surface area (TPSA) is 29.5 Å². The Hall–Kier alpha value is -0.340. The van der Waals surface area contributed by atoms with Gasteiger partial charge in [-0.15, -0.1) is 0 Å². The van der Waals surface area contributed by atoms with Crippen LogP contribution in [0, 0.1) is 28.6 Å². The second-order valence-electron chi connectivity index (χ2n) is 10.1. The molecule has 0 saturated heterocycles. The molecule has 0 aromatic heterocycles. The highest BCUT2D eigenvalue weighted by Gasteiger charge is 2.59. The first-order valence-corrected chi connectivity index (χ1v) is 10.5. The van der Waals surface area contributed by atoms with Gasteiger partial charge in [0.15, 0.2) is 0 Å². The van der Waals surface area contributed by atoms with Gasteiger partial charge < -0.3 is 9.84 Å². The van der Waals surface area contributed by atoms with Crippen molar-refractivity contribution in [3.05, 3.63) is 11.6 Å². The molecule has 5 aliphatic carbocycles. The van der Waals surface area contributed by atoms with E-state index in [1.54, 1.807) is 5.57 Å². The molecule has 2 nitrogen and oxygen atoms in total. The summed E-state index contributed by atoms with van der Waals surface area (Å²) in [7, 11) is 0. The van der Waals surface area contributed by atoms with Gasteiger partial charge in [0.1, 0.15) is 0 Å². The van der Waals surface area contributed by atoms with Crippen LogP contribution in [-0.4, -0.2) is 23.4 Å². The Morgan fingerprint density at radius 2 is 1.83 bits per heavy atom. The SMILES string of the molecule is C[C@]12CC[C@H]3[C@@H](CC=C4C[C@@H](O)CC[C@@]43C)[C@@H]1CC[C@@H]2OC1CC1. The molecule has 0 unspecified atom stereocenters. The fourth-order valence-corrected chi connectivity index (χ4v) is 7.25. The molecule has 1 N–H and O–H groups in total. The molecule has 0 bridgehead atoms. The van der Waals surface area contributed by atoms with E-state index >= 15 is 0 Å². The number of allylic oxidation sites excluding steroid dienone is 1. The first-order chi connectivity index (χ1) is 11.5. The molecule has 0 amide bonds. The van der Waals surface area contributed by atoms with E-state index in [-0.39, 0.29) is 6.10 Å². The maximum Gasteiger partial charge on any atom is 0.0635 e. The van der Waals surface area contributed by atoms with E-state index in [9.17, 15) is 5.11 Å². The number of rotatable bonds is 2. The first kappa shape index (κ1) is 15.9. The predicted octanol–water partition coefficient (Wildman–Crippen LogP) is 4.86. The third-order valence-electron chi connectivity index (χ3n) is 8.87. The highest BCUT2D eigenvalue weighted by molar-refractivity contribution is 5.25. The van der Waals surface area contributed by atoms with E-state index in [0.29, 0.717) is 23.0 Å². The van der Waals surface area contributed by atoms with E-state index in [2.05, 4.69) is 19.9 Å². The maximum atomic E-state index is 10.1. The van der Waals surface area contributed by atoms with Gasteiger partial charge in [-0.3, -0.25) is 0 Å². The van der Waals surface area contributed by atoms with Gasteiger partial charge in [-0.05, 0) is 92.8 Å². The Kier molecular flexibility index (Phi) is 3.53. The normalized spacial score (nSPS) is 53.8. The largest absolute Gasteiger partial charge is 0.393 e. The molecule has 2 heteroatoms. The van der Waals surface area contributed by atoms with Crippen LogP contribution < -0.4 is 0 Å². The van der Waals surface area contributed by atoms with Gasteiger partial charge in [0.2, 0.25) is 0 Å². The number of aliphatic hydroxyl groups excluding tert-OH is 1. The zero-order chi connectivity index (χ0) is 16.5. The van der Waals surface area contributed by atoms with E-state index in [4.69, 9.17) is 4.74 Å². The molecule has 0 aromatic carbocycles.